The Morgan fingerprint density at radius 3 is 2.85 bits per heavy atom. The number of hydrogen-bond donors (Lipinski definition) is 1. The predicted octanol–water partition coefficient (Wildman–Crippen LogP) is 2.92. The predicted molar refractivity (Wildman–Crippen MR) is 83.7 cm³/mol. The van der Waals surface area contributed by atoms with Crippen LogP contribution in [-0.4, -0.2) is 37.1 Å². The Balaban J connectivity index is 2.22. The van der Waals surface area contributed by atoms with Crippen LogP contribution < -0.4 is 5.73 Å². The third-order valence-corrected chi connectivity index (χ3v) is 4.51. The number of hydrogen-bond acceptors (Lipinski definition) is 3. The van der Waals surface area contributed by atoms with E-state index >= 15 is 0 Å². The summed E-state index contributed by atoms with van der Waals surface area (Å²) in [7, 11) is 1.65. The van der Waals surface area contributed by atoms with Crippen molar-refractivity contribution in [3.63, 3.8) is 0 Å². The van der Waals surface area contributed by atoms with Crippen molar-refractivity contribution < 1.29 is 9.53 Å². The molecule has 0 spiro atoms. The Kier molecular flexibility index (Phi) is 5.05. The van der Waals surface area contributed by atoms with Crippen LogP contribution in [0.15, 0.2) is 22.7 Å². The van der Waals surface area contributed by atoms with Gasteiger partial charge in [0.2, 0.25) is 0 Å². The van der Waals surface area contributed by atoms with Crippen molar-refractivity contribution in [2.24, 2.45) is 5.92 Å². The Morgan fingerprint density at radius 1 is 1.55 bits per heavy atom. The van der Waals surface area contributed by atoms with E-state index in [0.29, 0.717) is 30.3 Å². The van der Waals surface area contributed by atoms with E-state index in [0.717, 1.165) is 4.47 Å². The Morgan fingerprint density at radius 2 is 2.25 bits per heavy atom. The molecule has 2 N–H and O–H groups in total. The van der Waals surface area contributed by atoms with Gasteiger partial charge in [-0.05, 0) is 59.8 Å². The van der Waals surface area contributed by atoms with Crippen LogP contribution in [0, 0.1) is 5.92 Å². The third kappa shape index (κ3) is 3.52. The largest absolute Gasteiger partial charge is 0.399 e. The molecule has 0 aromatic heterocycles. The lowest BCUT2D eigenvalue weighted by Crippen LogP contribution is -2.42. The highest BCUT2D eigenvalue weighted by Gasteiger charge is 2.34. The number of carbonyl (C=O) groups is 1. The first-order chi connectivity index (χ1) is 9.54. The number of nitrogen functional groups attached to an aromatic ring is 1. The number of halogens is 1. The summed E-state index contributed by atoms with van der Waals surface area (Å²) in [6.45, 7) is 3.27. The van der Waals surface area contributed by atoms with Crippen LogP contribution in [0.2, 0.25) is 0 Å². The van der Waals surface area contributed by atoms with Gasteiger partial charge in [0, 0.05) is 29.9 Å². The highest BCUT2D eigenvalue weighted by molar-refractivity contribution is 9.10. The summed E-state index contributed by atoms with van der Waals surface area (Å²) in [6.07, 6.45) is 2.41. The molecule has 20 heavy (non-hydrogen) atoms. The van der Waals surface area contributed by atoms with Gasteiger partial charge in [-0.25, -0.2) is 0 Å². The van der Waals surface area contributed by atoms with E-state index in [1.165, 1.54) is 12.8 Å². The van der Waals surface area contributed by atoms with Crippen molar-refractivity contribution in [2.45, 2.75) is 25.8 Å². The smallest absolute Gasteiger partial charge is 0.255 e. The first-order valence-electron chi connectivity index (χ1n) is 6.89. The van der Waals surface area contributed by atoms with Gasteiger partial charge < -0.3 is 15.4 Å². The van der Waals surface area contributed by atoms with Crippen LogP contribution >= 0.6 is 15.9 Å². The number of ether oxygens (including phenoxy) is 1. The van der Waals surface area contributed by atoms with Gasteiger partial charge >= 0.3 is 0 Å². The average molecular weight is 341 g/mol. The maximum Gasteiger partial charge on any atom is 0.255 e. The molecule has 110 valence electrons. The maximum absolute atomic E-state index is 12.8. The highest BCUT2D eigenvalue weighted by atomic mass is 79.9. The van der Waals surface area contributed by atoms with E-state index in [4.69, 9.17) is 10.5 Å². The second kappa shape index (κ2) is 6.59. The lowest BCUT2D eigenvalue weighted by atomic mass is 10.1. The topological polar surface area (TPSA) is 55.6 Å². The van der Waals surface area contributed by atoms with E-state index in [1.54, 1.807) is 19.2 Å². The van der Waals surface area contributed by atoms with Crippen LogP contribution in [0.25, 0.3) is 0 Å². The Labute approximate surface area is 128 Å². The molecule has 5 heteroatoms. The van der Waals surface area contributed by atoms with Crippen molar-refractivity contribution in [1.29, 1.82) is 0 Å². The SMILES string of the molecule is COCCN(C(=O)c1cc(N)ccc1Br)C(C)C1CC1. The van der Waals surface area contributed by atoms with Gasteiger partial charge in [0.15, 0.2) is 0 Å². The Bertz CT molecular complexity index is 489. The molecule has 1 amide bonds. The number of anilines is 1. The molecule has 1 fully saturated rings. The molecule has 1 aromatic rings. The van der Waals surface area contributed by atoms with Gasteiger partial charge in [-0.2, -0.15) is 0 Å². The molecular formula is C15H21BrN2O2. The lowest BCUT2D eigenvalue weighted by Gasteiger charge is -2.29. The van der Waals surface area contributed by atoms with E-state index in [1.807, 2.05) is 11.0 Å². The van der Waals surface area contributed by atoms with E-state index < -0.39 is 0 Å². The number of amides is 1. The summed E-state index contributed by atoms with van der Waals surface area (Å²) in [5.74, 6) is 0.635. The zero-order valence-electron chi connectivity index (χ0n) is 11.9. The van der Waals surface area contributed by atoms with Crippen molar-refractivity contribution in [3.8, 4) is 0 Å². The third-order valence-electron chi connectivity index (χ3n) is 3.81. The highest BCUT2D eigenvalue weighted by Crippen LogP contribution is 2.36. The standard InChI is InChI=1S/C15H21BrN2O2/c1-10(11-3-4-11)18(7-8-20-2)15(19)13-9-12(17)5-6-14(13)16/h5-6,9-11H,3-4,7-8,17H2,1-2H3. The Hall–Kier alpha value is -1.07. The minimum absolute atomic E-state index is 0.0145. The summed E-state index contributed by atoms with van der Waals surface area (Å²) in [5.41, 5.74) is 7.02. The fraction of sp³-hybridized carbons (Fsp3) is 0.533. The first-order valence-corrected chi connectivity index (χ1v) is 7.68. The van der Waals surface area contributed by atoms with Gasteiger partial charge in [-0.3, -0.25) is 4.79 Å². The molecule has 2 rings (SSSR count). The van der Waals surface area contributed by atoms with E-state index in [2.05, 4.69) is 22.9 Å². The summed E-state index contributed by atoms with van der Waals surface area (Å²) in [6, 6.07) is 5.57. The molecule has 1 saturated carbocycles. The number of rotatable bonds is 6. The minimum Gasteiger partial charge on any atom is -0.399 e. The summed E-state index contributed by atoms with van der Waals surface area (Å²) in [4.78, 5) is 14.7. The quantitative estimate of drug-likeness (QED) is 0.810. The number of nitrogens with zero attached hydrogens (tertiary/aromatic N) is 1. The zero-order chi connectivity index (χ0) is 14.7. The van der Waals surface area contributed by atoms with Crippen LogP contribution in [0.1, 0.15) is 30.1 Å². The summed E-state index contributed by atoms with van der Waals surface area (Å²) < 4.78 is 5.91. The zero-order valence-corrected chi connectivity index (χ0v) is 13.5. The average Bonchev–Trinajstić information content (AvgIpc) is 3.26. The van der Waals surface area contributed by atoms with Gasteiger partial charge in [0.1, 0.15) is 0 Å². The fourth-order valence-corrected chi connectivity index (χ4v) is 2.79. The van der Waals surface area contributed by atoms with E-state index in [9.17, 15) is 4.79 Å². The monoisotopic (exact) mass is 340 g/mol. The van der Waals surface area contributed by atoms with Gasteiger partial charge in [0.05, 0.1) is 12.2 Å². The molecule has 0 saturated heterocycles. The van der Waals surface area contributed by atoms with Gasteiger partial charge in [0.25, 0.3) is 5.91 Å². The van der Waals surface area contributed by atoms with E-state index in [-0.39, 0.29) is 11.9 Å². The molecule has 0 heterocycles. The molecule has 0 bridgehead atoms. The van der Waals surface area contributed by atoms with Gasteiger partial charge in [-0.15, -0.1) is 0 Å². The van der Waals surface area contributed by atoms with Crippen molar-refractivity contribution in [3.05, 3.63) is 28.2 Å². The van der Waals surface area contributed by atoms with Crippen LogP contribution in [-0.2, 0) is 4.74 Å². The number of carbonyl (C=O) groups excluding carboxylic acids is 1. The molecule has 0 aliphatic heterocycles. The molecule has 1 atom stereocenters. The molecule has 1 aliphatic carbocycles. The summed E-state index contributed by atoms with van der Waals surface area (Å²) in [5, 5.41) is 0. The second-order valence-electron chi connectivity index (χ2n) is 5.31. The minimum atomic E-state index is 0.0145. The number of nitrogens with two attached hydrogens (primary N) is 1. The molecule has 1 unspecified atom stereocenters. The fourth-order valence-electron chi connectivity index (χ4n) is 2.37. The molecular weight excluding hydrogens is 320 g/mol. The first kappa shape index (κ1) is 15.3. The lowest BCUT2D eigenvalue weighted by molar-refractivity contribution is 0.0594. The van der Waals surface area contributed by atoms with Crippen molar-refractivity contribution >= 4 is 27.5 Å². The number of benzene rings is 1. The molecule has 4 nitrogen and oxygen atoms in total. The van der Waals surface area contributed by atoms with Crippen molar-refractivity contribution in [1.82, 2.24) is 4.90 Å². The molecule has 1 aromatic carbocycles. The van der Waals surface area contributed by atoms with Crippen LogP contribution in [0.5, 0.6) is 0 Å². The number of methoxy groups -OCH3 is 1. The molecule has 0 radical (unpaired) electrons. The summed E-state index contributed by atoms with van der Waals surface area (Å²) >= 11 is 3.44. The van der Waals surface area contributed by atoms with Crippen LogP contribution in [0.4, 0.5) is 5.69 Å². The molecule has 1 aliphatic rings. The van der Waals surface area contributed by atoms with Gasteiger partial charge in [-0.1, -0.05) is 0 Å². The maximum atomic E-state index is 12.8. The van der Waals surface area contributed by atoms with Crippen molar-refractivity contribution in [2.75, 3.05) is 26.0 Å². The second-order valence-corrected chi connectivity index (χ2v) is 6.16. The normalized spacial score (nSPS) is 15.9. The van der Waals surface area contributed by atoms with Crippen LogP contribution in [0.3, 0.4) is 0 Å².